The quantitative estimate of drug-likeness (QED) is 0.177. The van der Waals surface area contributed by atoms with E-state index in [4.69, 9.17) is 9.15 Å². The predicted octanol–water partition coefficient (Wildman–Crippen LogP) is 14.4. The third kappa shape index (κ3) is 4.89. The second-order valence-electron chi connectivity index (χ2n) is 17.0. The van der Waals surface area contributed by atoms with Crippen LogP contribution in [0.1, 0.15) is 43.2 Å². The van der Waals surface area contributed by atoms with Crippen molar-refractivity contribution >= 4 is 39.0 Å². The first-order valence-corrected chi connectivity index (χ1v) is 20.6. The van der Waals surface area contributed by atoms with E-state index in [1.165, 1.54) is 54.4 Å². The molecule has 2 heterocycles. The summed E-state index contributed by atoms with van der Waals surface area (Å²) in [6, 6.07) is 59.5. The lowest BCUT2D eigenvalue weighted by Gasteiger charge is -2.61. The standard InChI is InChI=1S/C53H43NO2/c1-2-12-36(13-3-1)43-16-4-7-21-48(43)54(41-15-10-14-37(31-41)44-18-11-19-46-45-17-5-8-22-50(45)56-52(44)46)42-24-25-49-38(32-42)33-53(47-20-6-9-23-51(47)55-49)39-27-34-26-35(29-39)30-40(53)28-34/h1-25,31-32,34-35,39-40H,26-30,33H2. The molecule has 5 aliphatic rings. The lowest BCUT2D eigenvalue weighted by Crippen LogP contribution is -2.56. The Labute approximate surface area is 328 Å². The van der Waals surface area contributed by atoms with Gasteiger partial charge in [0.25, 0.3) is 0 Å². The van der Waals surface area contributed by atoms with Crippen molar-refractivity contribution < 1.29 is 9.15 Å². The van der Waals surface area contributed by atoms with Gasteiger partial charge in [0.1, 0.15) is 22.7 Å². The van der Waals surface area contributed by atoms with Crippen molar-refractivity contribution in [2.24, 2.45) is 23.7 Å². The van der Waals surface area contributed by atoms with E-state index >= 15 is 0 Å². The van der Waals surface area contributed by atoms with E-state index in [0.29, 0.717) is 11.8 Å². The van der Waals surface area contributed by atoms with Gasteiger partial charge in [0, 0.05) is 44.3 Å². The molecule has 7 aromatic carbocycles. The maximum absolute atomic E-state index is 6.99. The minimum atomic E-state index is 0.103. The summed E-state index contributed by atoms with van der Waals surface area (Å²) in [7, 11) is 0. The maximum atomic E-state index is 6.99. The van der Waals surface area contributed by atoms with E-state index in [0.717, 1.165) is 79.9 Å². The van der Waals surface area contributed by atoms with Crippen LogP contribution in [-0.2, 0) is 11.8 Å². The second kappa shape index (κ2) is 12.5. The van der Waals surface area contributed by atoms with Crippen molar-refractivity contribution in [3.63, 3.8) is 0 Å². The van der Waals surface area contributed by atoms with Gasteiger partial charge in [-0.15, -0.1) is 0 Å². The van der Waals surface area contributed by atoms with E-state index in [-0.39, 0.29) is 5.41 Å². The van der Waals surface area contributed by atoms with Crippen LogP contribution in [0.3, 0.4) is 0 Å². The highest BCUT2D eigenvalue weighted by Crippen LogP contribution is 2.66. The van der Waals surface area contributed by atoms with Crippen molar-refractivity contribution in [1.82, 2.24) is 0 Å². The molecule has 4 saturated carbocycles. The minimum Gasteiger partial charge on any atom is -0.457 e. The minimum absolute atomic E-state index is 0.103. The summed E-state index contributed by atoms with van der Waals surface area (Å²) in [5, 5.41) is 2.28. The van der Waals surface area contributed by atoms with E-state index in [1.54, 1.807) is 0 Å². The Hall–Kier alpha value is -6.06. The lowest BCUT2D eigenvalue weighted by molar-refractivity contribution is -0.0609. The molecule has 3 heteroatoms. The molecule has 0 unspecified atom stereocenters. The molecule has 0 saturated heterocycles. The average Bonchev–Trinajstić information content (AvgIpc) is 3.56. The number of ether oxygens (including phenoxy) is 1. The lowest BCUT2D eigenvalue weighted by atomic mass is 9.42. The zero-order valence-corrected chi connectivity index (χ0v) is 31.4. The van der Waals surface area contributed by atoms with Crippen molar-refractivity contribution in [2.45, 2.75) is 43.9 Å². The summed E-state index contributed by atoms with van der Waals surface area (Å²) in [6.07, 6.45) is 7.90. The largest absolute Gasteiger partial charge is 0.457 e. The smallest absolute Gasteiger partial charge is 0.143 e. The molecule has 0 amide bonds. The fourth-order valence-electron chi connectivity index (χ4n) is 11.9. The van der Waals surface area contributed by atoms with Crippen LogP contribution in [0.2, 0.25) is 0 Å². The van der Waals surface area contributed by atoms with Gasteiger partial charge < -0.3 is 14.1 Å². The van der Waals surface area contributed by atoms with Crippen LogP contribution in [0.25, 0.3) is 44.2 Å². The molecule has 4 bridgehead atoms. The van der Waals surface area contributed by atoms with Gasteiger partial charge in [-0.3, -0.25) is 0 Å². The van der Waals surface area contributed by atoms with Gasteiger partial charge in [0.05, 0.1) is 5.69 Å². The van der Waals surface area contributed by atoms with E-state index in [2.05, 4.69) is 163 Å². The van der Waals surface area contributed by atoms with Crippen LogP contribution in [0.5, 0.6) is 11.5 Å². The molecule has 1 aliphatic heterocycles. The number of nitrogens with zero attached hydrogens (tertiary/aromatic N) is 1. The zero-order chi connectivity index (χ0) is 36.8. The van der Waals surface area contributed by atoms with Gasteiger partial charge >= 0.3 is 0 Å². The van der Waals surface area contributed by atoms with Crippen LogP contribution >= 0.6 is 0 Å². The van der Waals surface area contributed by atoms with Crippen LogP contribution < -0.4 is 9.64 Å². The summed E-state index contributed by atoms with van der Waals surface area (Å²) < 4.78 is 13.5. The van der Waals surface area contributed by atoms with Gasteiger partial charge in [-0.25, -0.2) is 0 Å². The fraction of sp³-hybridized carbons (Fsp3) is 0.208. The number of hydrogen-bond acceptors (Lipinski definition) is 3. The molecule has 56 heavy (non-hydrogen) atoms. The first kappa shape index (κ1) is 32.2. The van der Waals surface area contributed by atoms with Gasteiger partial charge in [0.2, 0.25) is 0 Å². The molecule has 4 aliphatic carbocycles. The van der Waals surface area contributed by atoms with Crippen LogP contribution in [0, 0.1) is 23.7 Å². The molecule has 13 rings (SSSR count). The first-order chi connectivity index (χ1) is 27.7. The third-order valence-electron chi connectivity index (χ3n) is 14.0. The van der Waals surface area contributed by atoms with E-state index < -0.39 is 0 Å². The zero-order valence-electron chi connectivity index (χ0n) is 31.4. The molecular weight excluding hydrogens is 683 g/mol. The Morgan fingerprint density at radius 2 is 1.18 bits per heavy atom. The summed E-state index contributed by atoms with van der Waals surface area (Å²) in [5.74, 6) is 5.25. The van der Waals surface area contributed by atoms with Gasteiger partial charge in [-0.05, 0) is 127 Å². The Bertz CT molecular complexity index is 2770. The van der Waals surface area contributed by atoms with Gasteiger partial charge in [-0.1, -0.05) is 115 Å². The van der Waals surface area contributed by atoms with E-state index in [9.17, 15) is 0 Å². The Morgan fingerprint density at radius 1 is 0.500 bits per heavy atom. The number of anilines is 3. The average molecular weight is 726 g/mol. The van der Waals surface area contributed by atoms with Crippen LogP contribution in [-0.4, -0.2) is 0 Å². The van der Waals surface area contributed by atoms with Crippen LogP contribution in [0.4, 0.5) is 17.1 Å². The molecular formula is C53H43NO2. The number of hydrogen-bond donors (Lipinski definition) is 0. The number of furan rings is 1. The number of benzene rings is 7. The van der Waals surface area contributed by atoms with Crippen molar-refractivity contribution in [1.29, 1.82) is 0 Å². The SMILES string of the molecule is c1ccc(-c2ccccc2N(c2cccc(-c3cccc4c3oc3ccccc34)c2)c2ccc3c(c2)CC2(c4ccccc4O3)C3CC4CC(C3)CC2C4)cc1. The fourth-order valence-corrected chi connectivity index (χ4v) is 11.9. The van der Waals surface area contributed by atoms with E-state index in [1.807, 2.05) is 6.07 Å². The molecule has 0 atom stereocenters. The molecule has 1 aromatic heterocycles. The highest BCUT2D eigenvalue weighted by atomic mass is 16.5. The van der Waals surface area contributed by atoms with Gasteiger partial charge in [-0.2, -0.15) is 0 Å². The summed E-state index contributed by atoms with van der Waals surface area (Å²) in [6.45, 7) is 0. The predicted molar refractivity (Wildman–Crippen MR) is 228 cm³/mol. The normalized spacial score (nSPS) is 23.1. The highest BCUT2D eigenvalue weighted by Gasteiger charge is 2.59. The molecule has 0 N–H and O–H groups in total. The van der Waals surface area contributed by atoms with Crippen molar-refractivity contribution in [2.75, 3.05) is 4.90 Å². The van der Waals surface area contributed by atoms with Crippen molar-refractivity contribution in [3.8, 4) is 33.8 Å². The Balaban J connectivity index is 1.04. The maximum Gasteiger partial charge on any atom is 0.143 e. The summed E-state index contributed by atoms with van der Waals surface area (Å²) in [5.41, 5.74) is 12.7. The van der Waals surface area contributed by atoms with Gasteiger partial charge in [0.15, 0.2) is 0 Å². The molecule has 0 radical (unpaired) electrons. The summed E-state index contributed by atoms with van der Waals surface area (Å²) >= 11 is 0. The Morgan fingerprint density at radius 3 is 2.05 bits per heavy atom. The molecule has 3 nitrogen and oxygen atoms in total. The number of para-hydroxylation sites is 4. The number of fused-ring (bicyclic) bond motifs is 5. The topological polar surface area (TPSA) is 25.6 Å². The summed E-state index contributed by atoms with van der Waals surface area (Å²) in [4.78, 5) is 2.46. The second-order valence-corrected chi connectivity index (χ2v) is 17.0. The molecule has 272 valence electrons. The number of rotatable bonds is 5. The van der Waals surface area contributed by atoms with Crippen LogP contribution in [0.15, 0.2) is 168 Å². The molecule has 4 fully saturated rings. The van der Waals surface area contributed by atoms with Crippen molar-refractivity contribution in [3.05, 3.63) is 175 Å². The molecule has 1 spiro atoms. The first-order valence-electron chi connectivity index (χ1n) is 20.6. The third-order valence-corrected chi connectivity index (χ3v) is 14.0. The Kier molecular flexibility index (Phi) is 7.18. The highest BCUT2D eigenvalue weighted by molar-refractivity contribution is 6.09. The molecule has 8 aromatic rings. The monoisotopic (exact) mass is 725 g/mol.